The molecule has 110 valence electrons. The minimum atomic E-state index is 0.877. The van der Waals surface area contributed by atoms with Crippen molar-refractivity contribution in [2.75, 3.05) is 11.9 Å². The summed E-state index contributed by atoms with van der Waals surface area (Å²) in [6.45, 7) is 3.01. The van der Waals surface area contributed by atoms with Crippen LogP contribution in [-0.4, -0.2) is 21.7 Å². The van der Waals surface area contributed by atoms with Crippen molar-refractivity contribution >= 4 is 37.6 Å². The van der Waals surface area contributed by atoms with Crippen LogP contribution in [0.25, 0.3) is 21.1 Å². The average molecular weight is 308 g/mol. The molecule has 2 heterocycles. The summed E-state index contributed by atoms with van der Waals surface area (Å²) < 4.78 is 1.27. The highest BCUT2D eigenvalue weighted by molar-refractivity contribution is 7.22. The predicted molar refractivity (Wildman–Crippen MR) is 92.6 cm³/mol. The summed E-state index contributed by atoms with van der Waals surface area (Å²) in [6, 6.07) is 12.7. The van der Waals surface area contributed by atoms with Crippen LogP contribution in [0.5, 0.6) is 0 Å². The predicted octanol–water partition coefficient (Wildman–Crippen LogP) is 4.14. The number of anilines is 1. The Bertz CT molecular complexity index is 938. The zero-order chi connectivity index (χ0) is 14.9. The fourth-order valence-corrected chi connectivity index (χ4v) is 3.58. The normalized spacial score (nSPS) is 11.3. The maximum absolute atomic E-state index is 4.64. The zero-order valence-electron chi connectivity index (χ0n) is 12.3. The highest BCUT2D eigenvalue weighted by Gasteiger charge is 2.05. The molecule has 0 saturated heterocycles. The van der Waals surface area contributed by atoms with Gasteiger partial charge < -0.3 is 5.32 Å². The van der Waals surface area contributed by atoms with E-state index in [9.17, 15) is 0 Å². The van der Waals surface area contributed by atoms with Crippen LogP contribution in [0.4, 0.5) is 5.13 Å². The van der Waals surface area contributed by atoms with E-state index in [2.05, 4.69) is 63.8 Å². The molecule has 0 bridgehead atoms. The van der Waals surface area contributed by atoms with Gasteiger partial charge in [0.05, 0.1) is 21.9 Å². The lowest BCUT2D eigenvalue weighted by atomic mass is 10.1. The second kappa shape index (κ2) is 5.42. The van der Waals surface area contributed by atoms with E-state index < -0.39 is 0 Å². The van der Waals surface area contributed by atoms with E-state index in [1.807, 2.05) is 6.20 Å². The van der Waals surface area contributed by atoms with Gasteiger partial charge in [-0.05, 0) is 42.7 Å². The first-order valence-electron chi connectivity index (χ1n) is 7.32. The summed E-state index contributed by atoms with van der Waals surface area (Å²) in [4.78, 5) is 4.64. The molecule has 0 atom stereocenters. The summed E-state index contributed by atoms with van der Waals surface area (Å²) >= 11 is 1.73. The van der Waals surface area contributed by atoms with Gasteiger partial charge in [-0.25, -0.2) is 4.98 Å². The second-order valence-electron chi connectivity index (χ2n) is 5.41. The summed E-state index contributed by atoms with van der Waals surface area (Å²) in [5.74, 6) is 0. The smallest absolute Gasteiger partial charge is 0.183 e. The zero-order valence-corrected chi connectivity index (χ0v) is 13.1. The van der Waals surface area contributed by atoms with Gasteiger partial charge in [-0.15, -0.1) is 0 Å². The lowest BCUT2D eigenvalue weighted by Gasteiger charge is -2.03. The van der Waals surface area contributed by atoms with Gasteiger partial charge in [-0.1, -0.05) is 29.5 Å². The van der Waals surface area contributed by atoms with E-state index in [0.717, 1.165) is 34.5 Å². The number of benzene rings is 2. The van der Waals surface area contributed by atoms with Crippen LogP contribution in [0.15, 0.2) is 42.6 Å². The van der Waals surface area contributed by atoms with Crippen molar-refractivity contribution in [3.05, 3.63) is 53.7 Å². The van der Waals surface area contributed by atoms with Crippen LogP contribution in [0, 0.1) is 6.92 Å². The van der Waals surface area contributed by atoms with Gasteiger partial charge in [-0.2, -0.15) is 5.10 Å². The van der Waals surface area contributed by atoms with Crippen LogP contribution in [-0.2, 0) is 6.42 Å². The van der Waals surface area contributed by atoms with Crippen molar-refractivity contribution in [2.24, 2.45) is 0 Å². The van der Waals surface area contributed by atoms with Crippen LogP contribution in [0.2, 0.25) is 0 Å². The first-order valence-corrected chi connectivity index (χ1v) is 8.13. The fraction of sp³-hybridized carbons (Fsp3) is 0.176. The Morgan fingerprint density at radius 1 is 1.23 bits per heavy atom. The van der Waals surface area contributed by atoms with Gasteiger partial charge in [0.15, 0.2) is 5.13 Å². The summed E-state index contributed by atoms with van der Waals surface area (Å²) in [5, 5.41) is 12.6. The molecule has 0 spiro atoms. The largest absolute Gasteiger partial charge is 0.361 e. The Morgan fingerprint density at radius 3 is 3.09 bits per heavy atom. The average Bonchev–Trinajstić information content (AvgIpc) is 3.13. The van der Waals surface area contributed by atoms with Gasteiger partial charge in [0, 0.05) is 11.9 Å². The standard InChI is InChI=1S/C17H16N4S/c1-11-3-2-4-15-16(11)22-17(20-15)18-8-7-12-5-6-14-13(9-12)10-19-21-14/h2-6,9-10H,7-8H2,1H3,(H,18,20)(H,19,21). The number of aromatic amines is 1. The van der Waals surface area contributed by atoms with Gasteiger partial charge in [0.1, 0.15) is 0 Å². The second-order valence-corrected chi connectivity index (χ2v) is 6.41. The van der Waals surface area contributed by atoms with Crippen molar-refractivity contribution in [3.63, 3.8) is 0 Å². The lowest BCUT2D eigenvalue weighted by Crippen LogP contribution is -2.04. The van der Waals surface area contributed by atoms with Crippen LogP contribution in [0.3, 0.4) is 0 Å². The third-order valence-corrected chi connectivity index (χ3v) is 4.97. The number of aromatic nitrogens is 3. The number of rotatable bonds is 4. The van der Waals surface area contributed by atoms with Gasteiger partial charge >= 0.3 is 0 Å². The Kier molecular flexibility index (Phi) is 3.27. The first kappa shape index (κ1) is 13.3. The number of hydrogen-bond donors (Lipinski definition) is 2. The van der Waals surface area contributed by atoms with Crippen molar-refractivity contribution in [2.45, 2.75) is 13.3 Å². The topological polar surface area (TPSA) is 53.6 Å². The molecule has 2 aromatic carbocycles. The molecule has 0 radical (unpaired) electrons. The third-order valence-electron chi connectivity index (χ3n) is 3.81. The van der Waals surface area contributed by atoms with Crippen LogP contribution in [0.1, 0.15) is 11.1 Å². The van der Waals surface area contributed by atoms with E-state index in [-0.39, 0.29) is 0 Å². The number of aryl methyl sites for hydroxylation is 1. The Labute approximate surface area is 132 Å². The monoisotopic (exact) mass is 308 g/mol. The molecule has 0 unspecified atom stereocenters. The van der Waals surface area contributed by atoms with Gasteiger partial charge in [0.2, 0.25) is 0 Å². The molecular formula is C17H16N4S. The van der Waals surface area contributed by atoms with Crippen LogP contribution < -0.4 is 5.32 Å². The molecule has 0 saturated carbocycles. The number of hydrogen-bond acceptors (Lipinski definition) is 4. The minimum Gasteiger partial charge on any atom is -0.361 e. The molecular weight excluding hydrogens is 292 g/mol. The maximum atomic E-state index is 4.64. The Balaban J connectivity index is 1.46. The molecule has 4 rings (SSSR count). The molecule has 5 heteroatoms. The SMILES string of the molecule is Cc1cccc2nc(NCCc3ccc4[nH]ncc4c3)sc12. The molecule has 0 aliphatic carbocycles. The first-order chi connectivity index (χ1) is 10.8. The number of nitrogens with one attached hydrogen (secondary N) is 2. The molecule has 2 N–H and O–H groups in total. The van der Waals surface area contributed by atoms with E-state index in [1.165, 1.54) is 15.8 Å². The molecule has 2 aromatic heterocycles. The quantitative estimate of drug-likeness (QED) is 0.596. The molecule has 0 fully saturated rings. The van der Waals surface area contributed by atoms with Gasteiger partial charge in [-0.3, -0.25) is 5.10 Å². The molecule has 4 aromatic rings. The minimum absolute atomic E-state index is 0.877. The molecule has 0 amide bonds. The number of H-pyrrole nitrogens is 1. The number of nitrogens with zero attached hydrogens (tertiary/aromatic N) is 2. The van der Waals surface area contributed by atoms with Crippen molar-refractivity contribution in [3.8, 4) is 0 Å². The fourth-order valence-electron chi connectivity index (χ4n) is 2.62. The number of fused-ring (bicyclic) bond motifs is 2. The van der Waals surface area contributed by atoms with Gasteiger partial charge in [0.25, 0.3) is 0 Å². The Hall–Kier alpha value is -2.40. The summed E-state index contributed by atoms with van der Waals surface area (Å²) in [5.41, 5.74) is 4.75. The van der Waals surface area contributed by atoms with E-state index in [4.69, 9.17) is 0 Å². The molecule has 22 heavy (non-hydrogen) atoms. The highest BCUT2D eigenvalue weighted by atomic mass is 32.1. The summed E-state index contributed by atoms with van der Waals surface area (Å²) in [6.07, 6.45) is 2.83. The van der Waals surface area contributed by atoms with E-state index in [1.54, 1.807) is 11.3 Å². The summed E-state index contributed by atoms with van der Waals surface area (Å²) in [7, 11) is 0. The van der Waals surface area contributed by atoms with Crippen molar-refractivity contribution in [1.29, 1.82) is 0 Å². The van der Waals surface area contributed by atoms with Crippen molar-refractivity contribution < 1.29 is 0 Å². The molecule has 0 aliphatic heterocycles. The van der Waals surface area contributed by atoms with Crippen LogP contribution >= 0.6 is 11.3 Å². The number of thiazole rings is 1. The van der Waals surface area contributed by atoms with E-state index >= 15 is 0 Å². The third kappa shape index (κ3) is 2.44. The Morgan fingerprint density at radius 2 is 2.18 bits per heavy atom. The van der Waals surface area contributed by atoms with Crippen molar-refractivity contribution in [1.82, 2.24) is 15.2 Å². The lowest BCUT2D eigenvalue weighted by molar-refractivity contribution is 1.02. The highest BCUT2D eigenvalue weighted by Crippen LogP contribution is 2.28. The maximum Gasteiger partial charge on any atom is 0.183 e. The molecule has 4 nitrogen and oxygen atoms in total. The van der Waals surface area contributed by atoms with E-state index in [0.29, 0.717) is 0 Å². The molecule has 0 aliphatic rings.